The zero-order chi connectivity index (χ0) is 9.89. The van der Waals surface area contributed by atoms with Crippen molar-refractivity contribution in [1.82, 2.24) is 0 Å². The first kappa shape index (κ1) is 11.6. The van der Waals surface area contributed by atoms with Crippen molar-refractivity contribution in [2.24, 2.45) is 5.92 Å². The molecule has 0 aromatic rings. The van der Waals surface area contributed by atoms with Crippen molar-refractivity contribution < 1.29 is 0 Å². The van der Waals surface area contributed by atoms with E-state index in [1.165, 1.54) is 11.1 Å². The van der Waals surface area contributed by atoms with Crippen LogP contribution >= 0.6 is 12.2 Å². The predicted octanol–water partition coefficient (Wildman–Crippen LogP) is 3.92. The van der Waals surface area contributed by atoms with Crippen LogP contribution in [0.25, 0.3) is 0 Å². The molecule has 0 radical (unpaired) electrons. The van der Waals surface area contributed by atoms with Crippen molar-refractivity contribution in [2.75, 3.05) is 0 Å². The molecule has 0 aliphatic carbocycles. The van der Waals surface area contributed by atoms with Gasteiger partial charge in [0.2, 0.25) is 0 Å². The van der Waals surface area contributed by atoms with Crippen LogP contribution in [0.15, 0.2) is 23.3 Å². The molecule has 0 aliphatic heterocycles. The third-order valence-corrected chi connectivity index (χ3v) is 2.24. The van der Waals surface area contributed by atoms with Crippen LogP contribution in [0.1, 0.15) is 34.6 Å². The fourth-order valence-electron chi connectivity index (χ4n) is 1.20. The smallest absolute Gasteiger partial charge is 0.0195 e. The molecular formula is C11H18S. The van der Waals surface area contributed by atoms with Crippen LogP contribution in [0.5, 0.6) is 0 Å². The molecule has 0 aromatic heterocycles. The van der Waals surface area contributed by atoms with Gasteiger partial charge in [-0.15, -0.1) is 0 Å². The quantitative estimate of drug-likeness (QED) is 0.362. The van der Waals surface area contributed by atoms with E-state index in [9.17, 15) is 0 Å². The van der Waals surface area contributed by atoms with E-state index in [1.807, 2.05) is 13.8 Å². The molecule has 0 amide bonds. The zero-order valence-corrected chi connectivity index (χ0v) is 9.51. The Morgan fingerprint density at radius 3 is 1.67 bits per heavy atom. The highest BCUT2D eigenvalue weighted by Gasteiger charge is 2.08. The molecule has 0 spiro atoms. The number of allylic oxidation sites excluding steroid dienone is 3. The fraction of sp³-hybridized carbons (Fsp3) is 0.545. The van der Waals surface area contributed by atoms with E-state index >= 15 is 0 Å². The number of hydrogen-bond acceptors (Lipinski definition) is 1. The van der Waals surface area contributed by atoms with Crippen LogP contribution in [0, 0.1) is 5.92 Å². The molecule has 0 nitrogen and oxygen atoms in total. The lowest BCUT2D eigenvalue weighted by molar-refractivity contribution is 0.764. The van der Waals surface area contributed by atoms with Gasteiger partial charge in [-0.05, 0) is 32.3 Å². The number of rotatable bonds is 3. The van der Waals surface area contributed by atoms with Crippen LogP contribution in [0.3, 0.4) is 0 Å². The summed E-state index contributed by atoms with van der Waals surface area (Å²) in [7, 11) is 0. The van der Waals surface area contributed by atoms with E-state index in [0.29, 0.717) is 5.92 Å². The van der Waals surface area contributed by atoms with E-state index in [2.05, 4.69) is 27.4 Å². The van der Waals surface area contributed by atoms with Crippen molar-refractivity contribution in [2.45, 2.75) is 34.6 Å². The monoisotopic (exact) mass is 182 g/mol. The third-order valence-electron chi connectivity index (χ3n) is 2.04. The maximum atomic E-state index is 5.17. The maximum Gasteiger partial charge on any atom is 0.0195 e. The largest absolute Gasteiger partial charge is 0.0955 e. The van der Waals surface area contributed by atoms with Gasteiger partial charge in [0.15, 0.2) is 0 Å². The summed E-state index contributed by atoms with van der Waals surface area (Å²) in [5, 5.41) is 0. The summed E-state index contributed by atoms with van der Waals surface area (Å²) in [6.07, 6.45) is 0. The van der Waals surface area contributed by atoms with E-state index in [4.69, 9.17) is 12.2 Å². The second-order valence-electron chi connectivity index (χ2n) is 3.55. The van der Waals surface area contributed by atoms with Gasteiger partial charge in [0, 0.05) is 4.86 Å². The fourth-order valence-corrected chi connectivity index (χ4v) is 1.54. The summed E-state index contributed by atoms with van der Waals surface area (Å²) >= 11 is 5.17. The van der Waals surface area contributed by atoms with E-state index in [-0.39, 0.29) is 0 Å². The van der Waals surface area contributed by atoms with Crippen molar-refractivity contribution in [3.05, 3.63) is 23.3 Å². The first-order chi connectivity index (χ1) is 5.37. The van der Waals surface area contributed by atoms with Gasteiger partial charge in [-0.25, -0.2) is 0 Å². The van der Waals surface area contributed by atoms with Crippen molar-refractivity contribution in [1.29, 1.82) is 0 Å². The predicted molar refractivity (Wildman–Crippen MR) is 60.6 cm³/mol. The van der Waals surface area contributed by atoms with Gasteiger partial charge >= 0.3 is 0 Å². The second kappa shape index (κ2) is 4.56. The average Bonchev–Trinajstić information content (AvgIpc) is 1.85. The van der Waals surface area contributed by atoms with Crippen LogP contribution in [-0.4, -0.2) is 4.86 Å². The van der Waals surface area contributed by atoms with Crippen molar-refractivity contribution in [3.63, 3.8) is 0 Å². The summed E-state index contributed by atoms with van der Waals surface area (Å²) < 4.78 is 0. The summed E-state index contributed by atoms with van der Waals surface area (Å²) in [6.45, 7) is 14.4. The molecule has 0 atom stereocenters. The Balaban J connectivity index is 5.08. The second-order valence-corrected chi connectivity index (χ2v) is 4.16. The van der Waals surface area contributed by atoms with Crippen LogP contribution < -0.4 is 0 Å². The Kier molecular flexibility index (Phi) is 4.40. The Hall–Kier alpha value is -0.430. The Bertz CT molecular complexity index is 215. The molecule has 12 heavy (non-hydrogen) atoms. The molecule has 1 heteroatoms. The van der Waals surface area contributed by atoms with Gasteiger partial charge in [0.1, 0.15) is 0 Å². The topological polar surface area (TPSA) is 0 Å². The highest BCUT2D eigenvalue weighted by molar-refractivity contribution is 7.80. The van der Waals surface area contributed by atoms with Gasteiger partial charge in [-0.2, -0.15) is 0 Å². The van der Waals surface area contributed by atoms with Gasteiger partial charge in [-0.3, -0.25) is 0 Å². The molecule has 0 heterocycles. The van der Waals surface area contributed by atoms with E-state index in [0.717, 1.165) is 10.4 Å². The third kappa shape index (κ3) is 2.90. The lowest BCUT2D eigenvalue weighted by Gasteiger charge is -2.13. The summed E-state index contributed by atoms with van der Waals surface area (Å²) in [5.74, 6) is 0.551. The molecule has 0 unspecified atom stereocenters. The Morgan fingerprint density at radius 1 is 1.17 bits per heavy atom. The molecule has 0 N–H and O–H groups in total. The van der Waals surface area contributed by atoms with Crippen LogP contribution in [0.2, 0.25) is 0 Å². The molecule has 0 saturated heterocycles. The first-order valence-electron chi connectivity index (χ1n) is 4.25. The number of thiocarbonyl (C=S) groups is 1. The van der Waals surface area contributed by atoms with Crippen molar-refractivity contribution in [3.8, 4) is 0 Å². The molecule has 0 rings (SSSR count). The molecule has 68 valence electrons. The normalized spacial score (nSPS) is 12.8. The number of hydrogen-bond donors (Lipinski definition) is 0. The zero-order valence-electron chi connectivity index (χ0n) is 8.69. The molecule has 0 aromatic carbocycles. The highest BCUT2D eigenvalue weighted by atomic mass is 32.1. The minimum atomic E-state index is 0.551. The van der Waals surface area contributed by atoms with Gasteiger partial charge in [-0.1, -0.05) is 43.8 Å². The Morgan fingerprint density at radius 2 is 1.58 bits per heavy atom. The maximum absolute atomic E-state index is 5.17. The van der Waals surface area contributed by atoms with Crippen molar-refractivity contribution >= 4 is 17.1 Å². The molecule has 0 aliphatic rings. The minimum Gasteiger partial charge on any atom is -0.0955 e. The van der Waals surface area contributed by atoms with Gasteiger partial charge < -0.3 is 0 Å². The summed E-state index contributed by atoms with van der Waals surface area (Å²) in [4.78, 5) is 0.953. The summed E-state index contributed by atoms with van der Waals surface area (Å²) in [6, 6.07) is 0. The SMILES string of the molecule is C=C(C)/C(C(C)=S)=C(/C)C(C)C. The van der Waals surface area contributed by atoms with Gasteiger partial charge in [0.05, 0.1) is 0 Å². The lowest BCUT2D eigenvalue weighted by Crippen LogP contribution is -2.03. The van der Waals surface area contributed by atoms with E-state index in [1.54, 1.807) is 0 Å². The molecule has 0 saturated carbocycles. The highest BCUT2D eigenvalue weighted by Crippen LogP contribution is 2.20. The summed E-state index contributed by atoms with van der Waals surface area (Å²) in [5.41, 5.74) is 3.60. The van der Waals surface area contributed by atoms with Crippen LogP contribution in [-0.2, 0) is 0 Å². The standard InChI is InChI=1S/C11H18S/c1-7(2)9(5)11(8(3)4)10(6)12/h7H,3H2,1-2,4-6H3/b11-9+. The van der Waals surface area contributed by atoms with Crippen LogP contribution in [0.4, 0.5) is 0 Å². The molecule has 0 bridgehead atoms. The minimum absolute atomic E-state index is 0.551. The average molecular weight is 182 g/mol. The van der Waals surface area contributed by atoms with E-state index < -0.39 is 0 Å². The first-order valence-corrected chi connectivity index (χ1v) is 4.66. The van der Waals surface area contributed by atoms with Gasteiger partial charge in [0.25, 0.3) is 0 Å². The molecule has 0 fully saturated rings. The molecular weight excluding hydrogens is 164 g/mol. The Labute approximate surface area is 81.4 Å². The lowest BCUT2D eigenvalue weighted by atomic mass is 9.93.